The van der Waals surface area contributed by atoms with Crippen molar-refractivity contribution in [2.75, 3.05) is 15.4 Å². The third-order valence-corrected chi connectivity index (χ3v) is 8.36. The van der Waals surface area contributed by atoms with E-state index in [-0.39, 0.29) is 26.8 Å². The Hall–Kier alpha value is -4.14. The molecule has 4 aromatic carbocycles. The molecule has 0 unspecified atom stereocenters. The molecule has 4 rings (SSSR count). The lowest BCUT2D eigenvalue weighted by Crippen LogP contribution is -2.17. The molecule has 0 atom stereocenters. The molecule has 0 aliphatic heterocycles. The summed E-state index contributed by atoms with van der Waals surface area (Å²) in [5.41, 5.74) is 4.70. The molecule has 3 N–H and O–H groups in total. The Morgan fingerprint density at radius 3 is 1.93 bits per heavy atom. The third kappa shape index (κ3) is 7.34. The molecule has 9 heteroatoms. The second-order valence-corrected chi connectivity index (χ2v) is 12.9. The highest BCUT2D eigenvalue weighted by Crippen LogP contribution is 2.28. The van der Waals surface area contributed by atoms with E-state index in [1.807, 2.05) is 31.2 Å². The maximum atomic E-state index is 13.2. The number of sulfonamides is 1. The number of halogens is 1. The highest BCUT2D eigenvalue weighted by molar-refractivity contribution is 7.92. The van der Waals surface area contributed by atoms with Crippen LogP contribution in [0.25, 0.3) is 0 Å². The van der Waals surface area contributed by atoms with Gasteiger partial charge in [-0.25, -0.2) is 8.42 Å². The average Bonchev–Trinajstić information content (AvgIpc) is 2.90. The minimum atomic E-state index is -4.08. The molecule has 0 saturated carbocycles. The van der Waals surface area contributed by atoms with Crippen molar-refractivity contribution in [1.29, 1.82) is 0 Å². The molecule has 0 radical (unpaired) electrons. The highest BCUT2D eigenvalue weighted by Gasteiger charge is 2.22. The van der Waals surface area contributed by atoms with Gasteiger partial charge in [0.05, 0.1) is 10.7 Å². The van der Waals surface area contributed by atoms with Gasteiger partial charge in [-0.05, 0) is 90.6 Å². The van der Waals surface area contributed by atoms with Crippen LogP contribution < -0.4 is 15.4 Å². The van der Waals surface area contributed by atoms with Crippen LogP contribution in [0.5, 0.6) is 0 Å². The average molecular weight is 590 g/mol. The summed E-state index contributed by atoms with van der Waals surface area (Å²) < 4.78 is 28.9. The van der Waals surface area contributed by atoms with Gasteiger partial charge in [0.2, 0.25) is 0 Å². The lowest BCUT2D eigenvalue weighted by atomic mass is 9.87. The smallest absolute Gasteiger partial charge is 0.263 e. The van der Waals surface area contributed by atoms with Gasteiger partial charge in [-0.2, -0.15) is 0 Å². The molecule has 0 fully saturated rings. The maximum Gasteiger partial charge on any atom is 0.263 e. The van der Waals surface area contributed by atoms with Crippen LogP contribution in [0.15, 0.2) is 89.8 Å². The molecule has 7 nitrogen and oxygen atoms in total. The topological polar surface area (TPSA) is 104 Å². The molecule has 0 aliphatic rings. The Kier molecular flexibility index (Phi) is 8.56. The van der Waals surface area contributed by atoms with Crippen molar-refractivity contribution in [2.24, 2.45) is 0 Å². The van der Waals surface area contributed by atoms with E-state index in [1.165, 1.54) is 18.2 Å². The van der Waals surface area contributed by atoms with Crippen molar-refractivity contribution >= 4 is 50.5 Å². The number of benzene rings is 4. The van der Waals surface area contributed by atoms with E-state index >= 15 is 0 Å². The largest absolute Gasteiger partial charge is 0.322 e. The number of hydrogen-bond donors (Lipinski definition) is 3. The number of amides is 2. The molecule has 0 aliphatic carbocycles. The Balaban J connectivity index is 1.49. The molecule has 0 aromatic heterocycles. The fourth-order valence-electron chi connectivity index (χ4n) is 4.10. The van der Waals surface area contributed by atoms with Gasteiger partial charge in [-0.1, -0.05) is 62.7 Å². The number of hydrogen-bond acceptors (Lipinski definition) is 4. The van der Waals surface area contributed by atoms with Gasteiger partial charge < -0.3 is 10.6 Å². The van der Waals surface area contributed by atoms with Gasteiger partial charge in [0, 0.05) is 22.5 Å². The zero-order chi connectivity index (χ0) is 29.9. The van der Waals surface area contributed by atoms with E-state index in [1.54, 1.807) is 49.4 Å². The van der Waals surface area contributed by atoms with Crippen molar-refractivity contribution in [1.82, 2.24) is 0 Å². The van der Waals surface area contributed by atoms with Crippen molar-refractivity contribution in [3.63, 3.8) is 0 Å². The summed E-state index contributed by atoms with van der Waals surface area (Å²) in [6, 6.07) is 23.6. The van der Waals surface area contributed by atoms with Crippen molar-refractivity contribution < 1.29 is 18.0 Å². The first-order valence-electron chi connectivity index (χ1n) is 13.0. The van der Waals surface area contributed by atoms with Crippen LogP contribution in [0, 0.1) is 13.8 Å². The Morgan fingerprint density at radius 2 is 1.32 bits per heavy atom. The fourth-order valence-corrected chi connectivity index (χ4v) is 5.75. The van der Waals surface area contributed by atoms with Crippen LogP contribution in [-0.4, -0.2) is 20.2 Å². The van der Waals surface area contributed by atoms with Crippen LogP contribution in [0.4, 0.5) is 17.1 Å². The zero-order valence-electron chi connectivity index (χ0n) is 23.5. The Labute approximate surface area is 246 Å². The summed E-state index contributed by atoms with van der Waals surface area (Å²) in [5.74, 6) is -0.816. The number of carbonyl (C=O) groups excluding carboxylic acids is 2. The summed E-state index contributed by atoms with van der Waals surface area (Å²) in [5, 5.41) is 5.58. The first kappa shape index (κ1) is 29.8. The maximum absolute atomic E-state index is 13.2. The summed E-state index contributed by atoms with van der Waals surface area (Å²) in [7, 11) is -4.08. The predicted octanol–water partition coefficient (Wildman–Crippen LogP) is 7.56. The van der Waals surface area contributed by atoms with E-state index in [0.717, 1.165) is 16.7 Å². The van der Waals surface area contributed by atoms with E-state index in [2.05, 4.69) is 36.1 Å². The quantitative estimate of drug-likeness (QED) is 0.207. The summed E-state index contributed by atoms with van der Waals surface area (Å²) in [4.78, 5) is 25.6. The first-order valence-corrected chi connectivity index (χ1v) is 14.8. The molecule has 0 saturated heterocycles. The van der Waals surface area contributed by atoms with Gasteiger partial charge in [-0.15, -0.1) is 0 Å². The zero-order valence-corrected chi connectivity index (χ0v) is 25.1. The van der Waals surface area contributed by atoms with Crippen molar-refractivity contribution in [3.05, 3.63) is 118 Å². The lowest BCUT2D eigenvalue weighted by Gasteiger charge is -2.19. The summed E-state index contributed by atoms with van der Waals surface area (Å²) in [6.45, 7) is 9.97. The van der Waals surface area contributed by atoms with Gasteiger partial charge >= 0.3 is 0 Å². The molecule has 212 valence electrons. The van der Waals surface area contributed by atoms with E-state index in [4.69, 9.17) is 11.6 Å². The van der Waals surface area contributed by atoms with Crippen molar-refractivity contribution in [3.8, 4) is 0 Å². The first-order chi connectivity index (χ1) is 19.2. The molecule has 4 aromatic rings. The van der Waals surface area contributed by atoms with Crippen molar-refractivity contribution in [2.45, 2.75) is 44.9 Å². The third-order valence-electron chi connectivity index (χ3n) is 6.51. The van der Waals surface area contributed by atoms with Gasteiger partial charge in [0.25, 0.3) is 21.8 Å². The van der Waals surface area contributed by atoms with Gasteiger partial charge in [-0.3, -0.25) is 14.3 Å². The second-order valence-electron chi connectivity index (χ2n) is 10.9. The number of anilines is 3. The van der Waals surface area contributed by atoms with E-state index in [0.29, 0.717) is 22.6 Å². The number of nitrogens with one attached hydrogen (secondary N) is 3. The van der Waals surface area contributed by atoms with Crippen LogP contribution in [0.2, 0.25) is 5.02 Å². The normalized spacial score (nSPS) is 11.6. The number of aryl methyl sites for hydroxylation is 2. The predicted molar refractivity (Wildman–Crippen MR) is 166 cm³/mol. The molecule has 0 spiro atoms. The van der Waals surface area contributed by atoms with Crippen LogP contribution in [0.1, 0.15) is 58.2 Å². The molecule has 2 amide bonds. The van der Waals surface area contributed by atoms with Crippen LogP contribution in [-0.2, 0) is 15.4 Å². The summed E-state index contributed by atoms with van der Waals surface area (Å²) >= 11 is 6.24. The van der Waals surface area contributed by atoms with Crippen LogP contribution >= 0.6 is 11.6 Å². The Bertz CT molecular complexity index is 1730. The molecular formula is C32H32ClN3O4S. The molecular weight excluding hydrogens is 558 g/mol. The monoisotopic (exact) mass is 589 g/mol. The Morgan fingerprint density at radius 1 is 0.732 bits per heavy atom. The standard InChI is InChI=1S/C32H32ClN3O4S/c1-20-9-10-21(2)28(17-20)36-41(39,40)29-18-23(13-16-27(29)33)31(38)35-26-8-6-7-25(19-26)34-30(37)22-11-14-24(15-12-22)32(3,4)5/h6-19,36H,1-5H3,(H,34,37)(H,35,38). The lowest BCUT2D eigenvalue weighted by molar-refractivity contribution is 0.101. The molecule has 41 heavy (non-hydrogen) atoms. The highest BCUT2D eigenvalue weighted by atomic mass is 35.5. The second kappa shape index (κ2) is 11.8. The summed E-state index contributed by atoms with van der Waals surface area (Å²) in [6.07, 6.45) is 0. The van der Waals surface area contributed by atoms with Gasteiger partial charge in [0.15, 0.2) is 0 Å². The number of carbonyl (C=O) groups is 2. The van der Waals surface area contributed by atoms with Crippen LogP contribution in [0.3, 0.4) is 0 Å². The minimum absolute atomic E-state index is 0.0143. The van der Waals surface area contributed by atoms with Gasteiger partial charge in [0.1, 0.15) is 4.90 Å². The molecule has 0 bridgehead atoms. The fraction of sp³-hybridized carbons (Fsp3) is 0.188. The number of rotatable bonds is 7. The molecule has 0 heterocycles. The SMILES string of the molecule is Cc1ccc(C)c(NS(=O)(=O)c2cc(C(=O)Nc3cccc(NC(=O)c4ccc(C(C)(C)C)cc4)c3)ccc2Cl)c1. The van der Waals surface area contributed by atoms with E-state index < -0.39 is 15.9 Å². The van der Waals surface area contributed by atoms with E-state index in [9.17, 15) is 18.0 Å². The minimum Gasteiger partial charge on any atom is -0.322 e.